The number of likely N-dealkylation sites (tertiary alicyclic amines) is 1. The van der Waals surface area contributed by atoms with Gasteiger partial charge in [-0.25, -0.2) is 4.79 Å². The molecule has 0 saturated carbocycles. The van der Waals surface area contributed by atoms with E-state index in [0.717, 1.165) is 5.56 Å². The van der Waals surface area contributed by atoms with E-state index < -0.39 is 0 Å². The molecule has 0 atom stereocenters. The van der Waals surface area contributed by atoms with Crippen LogP contribution in [0.15, 0.2) is 24.3 Å². The summed E-state index contributed by atoms with van der Waals surface area (Å²) >= 11 is 0. The molecule has 1 aliphatic rings. The lowest BCUT2D eigenvalue weighted by Gasteiger charge is -2.33. The zero-order valence-electron chi connectivity index (χ0n) is 15.7. The van der Waals surface area contributed by atoms with E-state index in [1.807, 2.05) is 19.1 Å². The first-order chi connectivity index (χ1) is 12.4. The number of hydrogen-bond donors (Lipinski definition) is 2. The highest BCUT2D eigenvalue weighted by molar-refractivity contribution is 5.94. The third kappa shape index (κ3) is 5.21. The van der Waals surface area contributed by atoms with Crippen LogP contribution in [0, 0.1) is 5.92 Å². The average molecular weight is 360 g/mol. The van der Waals surface area contributed by atoms with E-state index in [4.69, 9.17) is 0 Å². The Hall–Kier alpha value is -2.57. The minimum atomic E-state index is -0.112. The summed E-state index contributed by atoms with van der Waals surface area (Å²) in [5, 5.41) is 5.71. The number of piperidine rings is 1. The number of rotatable bonds is 5. The van der Waals surface area contributed by atoms with E-state index >= 15 is 0 Å². The topological polar surface area (TPSA) is 81.8 Å². The molecule has 26 heavy (non-hydrogen) atoms. The van der Waals surface area contributed by atoms with Crippen molar-refractivity contribution in [2.24, 2.45) is 5.92 Å². The van der Waals surface area contributed by atoms with Gasteiger partial charge in [-0.2, -0.15) is 0 Å². The van der Waals surface area contributed by atoms with Crippen LogP contribution in [0.25, 0.3) is 0 Å². The minimum absolute atomic E-state index is 0.00497. The minimum Gasteiger partial charge on any atom is -0.352 e. The number of amides is 4. The lowest BCUT2D eigenvalue weighted by atomic mass is 9.96. The highest BCUT2D eigenvalue weighted by Gasteiger charge is 2.27. The van der Waals surface area contributed by atoms with E-state index in [1.165, 1.54) is 0 Å². The van der Waals surface area contributed by atoms with Gasteiger partial charge in [0, 0.05) is 51.8 Å². The molecule has 1 saturated heterocycles. The number of urea groups is 1. The molecular weight excluding hydrogens is 332 g/mol. The first-order valence-corrected chi connectivity index (χ1v) is 9.03. The number of nitrogens with zero attached hydrogens (tertiary/aromatic N) is 2. The summed E-state index contributed by atoms with van der Waals surface area (Å²) < 4.78 is 0. The van der Waals surface area contributed by atoms with Gasteiger partial charge < -0.3 is 20.4 Å². The number of carbonyl (C=O) groups is 3. The van der Waals surface area contributed by atoms with Gasteiger partial charge in [-0.3, -0.25) is 9.59 Å². The quantitative estimate of drug-likeness (QED) is 0.834. The number of nitrogens with one attached hydrogen (secondary N) is 2. The number of carbonyl (C=O) groups excluding carboxylic acids is 3. The van der Waals surface area contributed by atoms with Crippen LogP contribution in [0.3, 0.4) is 0 Å². The van der Waals surface area contributed by atoms with E-state index in [1.54, 1.807) is 36.0 Å². The predicted octanol–water partition coefficient (Wildman–Crippen LogP) is 1.45. The Morgan fingerprint density at radius 3 is 2.46 bits per heavy atom. The molecule has 142 valence electrons. The molecule has 0 radical (unpaired) electrons. The van der Waals surface area contributed by atoms with Gasteiger partial charge in [0.15, 0.2) is 0 Å². The third-order valence-corrected chi connectivity index (χ3v) is 4.51. The summed E-state index contributed by atoms with van der Waals surface area (Å²) in [5.74, 6) is -0.184. The fourth-order valence-corrected chi connectivity index (χ4v) is 3.03. The monoisotopic (exact) mass is 360 g/mol. The summed E-state index contributed by atoms with van der Waals surface area (Å²) in [7, 11) is 3.46. The average Bonchev–Trinajstić information content (AvgIpc) is 2.66. The van der Waals surface area contributed by atoms with Gasteiger partial charge in [0.2, 0.25) is 5.91 Å². The van der Waals surface area contributed by atoms with Crippen LogP contribution in [0.5, 0.6) is 0 Å². The highest BCUT2D eigenvalue weighted by atomic mass is 16.2. The fourth-order valence-electron chi connectivity index (χ4n) is 3.03. The van der Waals surface area contributed by atoms with Crippen molar-refractivity contribution in [2.75, 3.05) is 33.7 Å². The Bertz CT molecular complexity index is 652. The molecule has 0 unspecified atom stereocenters. The van der Waals surface area contributed by atoms with Crippen molar-refractivity contribution >= 4 is 17.8 Å². The second kappa shape index (κ2) is 9.22. The molecule has 0 bridgehead atoms. The van der Waals surface area contributed by atoms with Gasteiger partial charge in [0.05, 0.1) is 0 Å². The molecule has 4 amide bonds. The van der Waals surface area contributed by atoms with Gasteiger partial charge in [-0.05, 0) is 37.5 Å². The van der Waals surface area contributed by atoms with Crippen LogP contribution in [0.1, 0.15) is 35.7 Å². The fraction of sp³-hybridized carbons (Fsp3) is 0.526. The van der Waals surface area contributed by atoms with Gasteiger partial charge in [0.1, 0.15) is 0 Å². The van der Waals surface area contributed by atoms with Crippen LogP contribution in [-0.4, -0.2) is 61.4 Å². The van der Waals surface area contributed by atoms with Crippen molar-refractivity contribution in [1.29, 1.82) is 0 Å². The van der Waals surface area contributed by atoms with E-state index in [-0.39, 0.29) is 23.8 Å². The van der Waals surface area contributed by atoms with Gasteiger partial charge in [-0.15, -0.1) is 0 Å². The molecule has 1 heterocycles. The lowest BCUT2D eigenvalue weighted by molar-refractivity contribution is -0.126. The predicted molar refractivity (Wildman–Crippen MR) is 99.7 cm³/mol. The normalized spacial score (nSPS) is 14.7. The van der Waals surface area contributed by atoms with E-state index in [2.05, 4.69) is 10.6 Å². The van der Waals surface area contributed by atoms with Gasteiger partial charge in [0.25, 0.3) is 5.91 Å². The molecule has 7 nitrogen and oxygen atoms in total. The van der Waals surface area contributed by atoms with Crippen molar-refractivity contribution in [1.82, 2.24) is 20.4 Å². The van der Waals surface area contributed by atoms with Crippen LogP contribution in [0.2, 0.25) is 0 Å². The van der Waals surface area contributed by atoms with Crippen molar-refractivity contribution < 1.29 is 14.4 Å². The second-order valence-electron chi connectivity index (χ2n) is 6.72. The summed E-state index contributed by atoms with van der Waals surface area (Å²) in [4.78, 5) is 39.6. The maximum Gasteiger partial charge on any atom is 0.319 e. The van der Waals surface area contributed by atoms with Crippen molar-refractivity contribution in [2.45, 2.75) is 26.3 Å². The first-order valence-electron chi connectivity index (χ1n) is 9.03. The Labute approximate surface area is 154 Å². The van der Waals surface area contributed by atoms with Gasteiger partial charge in [-0.1, -0.05) is 12.1 Å². The lowest BCUT2D eigenvalue weighted by Crippen LogP contribution is -2.46. The van der Waals surface area contributed by atoms with Crippen LogP contribution in [0.4, 0.5) is 4.79 Å². The molecule has 1 fully saturated rings. The highest BCUT2D eigenvalue weighted by Crippen LogP contribution is 2.18. The molecule has 0 spiro atoms. The van der Waals surface area contributed by atoms with Crippen molar-refractivity contribution in [3.63, 3.8) is 0 Å². The molecule has 0 aliphatic carbocycles. The molecule has 1 aliphatic heterocycles. The standard InChI is InChI=1S/C19H28N4O3/c1-4-20-18(25)16-7-5-6-14(12-16)13-21-17(24)15-8-10-23(11-9-15)19(26)22(2)3/h5-7,12,15H,4,8-11,13H2,1-3H3,(H,20,25)(H,21,24). The molecular formula is C19H28N4O3. The number of benzene rings is 1. The Kier molecular flexibility index (Phi) is 7.00. The molecule has 7 heteroatoms. The largest absolute Gasteiger partial charge is 0.352 e. The third-order valence-electron chi connectivity index (χ3n) is 4.51. The maximum atomic E-state index is 12.4. The SMILES string of the molecule is CCNC(=O)c1cccc(CNC(=O)C2CCN(C(=O)N(C)C)CC2)c1. The first kappa shape index (κ1) is 19.8. The van der Waals surface area contributed by atoms with E-state index in [9.17, 15) is 14.4 Å². The summed E-state index contributed by atoms with van der Waals surface area (Å²) in [6.07, 6.45) is 1.34. The number of hydrogen-bond acceptors (Lipinski definition) is 3. The van der Waals surface area contributed by atoms with Gasteiger partial charge >= 0.3 is 6.03 Å². The zero-order valence-corrected chi connectivity index (χ0v) is 15.7. The van der Waals surface area contributed by atoms with E-state index in [0.29, 0.717) is 44.6 Å². The molecule has 1 aromatic carbocycles. The zero-order chi connectivity index (χ0) is 19.1. The second-order valence-corrected chi connectivity index (χ2v) is 6.72. The summed E-state index contributed by atoms with van der Waals surface area (Å²) in [6.45, 7) is 4.04. The summed E-state index contributed by atoms with van der Waals surface area (Å²) in [6, 6.07) is 7.25. The Morgan fingerprint density at radius 2 is 1.85 bits per heavy atom. The Balaban J connectivity index is 1.83. The molecule has 1 aromatic rings. The van der Waals surface area contributed by atoms with Crippen LogP contribution >= 0.6 is 0 Å². The Morgan fingerprint density at radius 1 is 1.15 bits per heavy atom. The van der Waals surface area contributed by atoms with Crippen LogP contribution in [-0.2, 0) is 11.3 Å². The van der Waals surface area contributed by atoms with Crippen LogP contribution < -0.4 is 10.6 Å². The smallest absolute Gasteiger partial charge is 0.319 e. The molecule has 0 aromatic heterocycles. The van der Waals surface area contributed by atoms with Crippen molar-refractivity contribution in [3.8, 4) is 0 Å². The molecule has 2 rings (SSSR count). The van der Waals surface area contributed by atoms with Crippen molar-refractivity contribution in [3.05, 3.63) is 35.4 Å². The summed E-state index contributed by atoms with van der Waals surface area (Å²) in [5.41, 5.74) is 1.48. The maximum absolute atomic E-state index is 12.4. The molecule has 2 N–H and O–H groups in total.